The van der Waals surface area contributed by atoms with Gasteiger partial charge < -0.3 is 15.5 Å². The minimum atomic E-state index is -0.598. The van der Waals surface area contributed by atoms with E-state index in [1.807, 2.05) is 0 Å². The van der Waals surface area contributed by atoms with Crippen molar-refractivity contribution in [1.29, 1.82) is 0 Å². The fourth-order valence-electron chi connectivity index (χ4n) is 2.94. The molecule has 0 saturated carbocycles. The first-order chi connectivity index (χ1) is 12.0. The summed E-state index contributed by atoms with van der Waals surface area (Å²) in [5.74, 6) is 0.321. The van der Waals surface area contributed by atoms with Gasteiger partial charge in [-0.3, -0.25) is 9.59 Å². The molecular weight excluding hydrogens is 338 g/mol. The third-order valence-corrected chi connectivity index (χ3v) is 5.02. The van der Waals surface area contributed by atoms with Crippen molar-refractivity contribution < 1.29 is 9.59 Å². The lowest BCUT2D eigenvalue weighted by molar-refractivity contribution is -0.122. The molecule has 2 amide bonds. The molecular formula is C19H28ClN3O2. The number of benzene rings is 1. The monoisotopic (exact) mass is 365 g/mol. The van der Waals surface area contributed by atoms with Crippen LogP contribution in [0.5, 0.6) is 0 Å². The Balaban J connectivity index is 1.66. The molecule has 1 aromatic rings. The van der Waals surface area contributed by atoms with Crippen molar-refractivity contribution in [1.82, 2.24) is 15.5 Å². The molecule has 0 bridgehead atoms. The van der Waals surface area contributed by atoms with Gasteiger partial charge in [-0.15, -0.1) is 0 Å². The Morgan fingerprint density at radius 2 is 1.96 bits per heavy atom. The number of rotatable bonds is 7. The van der Waals surface area contributed by atoms with Crippen molar-refractivity contribution in [3.8, 4) is 0 Å². The Hall–Kier alpha value is -1.59. The van der Waals surface area contributed by atoms with E-state index in [4.69, 9.17) is 11.6 Å². The van der Waals surface area contributed by atoms with Crippen LogP contribution in [0, 0.1) is 5.92 Å². The van der Waals surface area contributed by atoms with Crippen LogP contribution in [0.2, 0.25) is 5.02 Å². The van der Waals surface area contributed by atoms with Crippen LogP contribution < -0.4 is 10.6 Å². The van der Waals surface area contributed by atoms with E-state index in [0.717, 1.165) is 32.0 Å². The molecule has 1 atom stereocenters. The summed E-state index contributed by atoms with van der Waals surface area (Å²) in [6.07, 6.45) is 3.44. The van der Waals surface area contributed by atoms with Gasteiger partial charge in [0.25, 0.3) is 5.91 Å². The van der Waals surface area contributed by atoms with E-state index in [0.29, 0.717) is 17.1 Å². The number of halogens is 1. The first-order valence-electron chi connectivity index (χ1n) is 9.03. The Labute approximate surface area is 155 Å². The lowest BCUT2D eigenvalue weighted by Gasteiger charge is -2.30. The second-order valence-corrected chi connectivity index (χ2v) is 7.25. The number of hydrogen-bond acceptors (Lipinski definition) is 3. The first-order valence-corrected chi connectivity index (χ1v) is 9.40. The minimum absolute atomic E-state index is 0.173. The molecule has 1 saturated heterocycles. The molecule has 1 heterocycles. The highest BCUT2D eigenvalue weighted by molar-refractivity contribution is 6.33. The SMILES string of the molecule is CC1CCN(CCCNC(=O)C(C)NC(=O)c2ccccc2Cl)CC1. The van der Waals surface area contributed by atoms with Gasteiger partial charge in [0.05, 0.1) is 10.6 Å². The van der Waals surface area contributed by atoms with Crippen LogP contribution in [0.1, 0.15) is 43.5 Å². The summed E-state index contributed by atoms with van der Waals surface area (Å²) in [6, 6.07) is 6.20. The number of carbonyl (C=O) groups is 2. The maximum atomic E-state index is 12.2. The predicted octanol–water partition coefficient (Wildman–Crippen LogP) is 2.70. The summed E-state index contributed by atoms with van der Waals surface area (Å²) in [5.41, 5.74) is 0.378. The summed E-state index contributed by atoms with van der Waals surface area (Å²) in [6.45, 7) is 7.91. The van der Waals surface area contributed by atoms with E-state index in [9.17, 15) is 9.59 Å². The Bertz CT molecular complexity index is 586. The van der Waals surface area contributed by atoms with Crippen LogP contribution in [-0.2, 0) is 4.79 Å². The van der Waals surface area contributed by atoms with Gasteiger partial charge in [0.2, 0.25) is 5.91 Å². The van der Waals surface area contributed by atoms with Gasteiger partial charge >= 0.3 is 0 Å². The topological polar surface area (TPSA) is 61.4 Å². The van der Waals surface area contributed by atoms with Crippen LogP contribution in [0.25, 0.3) is 0 Å². The van der Waals surface area contributed by atoms with Gasteiger partial charge in [0.1, 0.15) is 6.04 Å². The van der Waals surface area contributed by atoms with Crippen molar-refractivity contribution in [2.24, 2.45) is 5.92 Å². The molecule has 5 nitrogen and oxygen atoms in total. The van der Waals surface area contributed by atoms with Crippen LogP contribution in [0.3, 0.4) is 0 Å². The molecule has 1 aliphatic rings. The quantitative estimate of drug-likeness (QED) is 0.730. The van der Waals surface area contributed by atoms with Crippen molar-refractivity contribution in [2.45, 2.75) is 39.2 Å². The number of piperidine rings is 1. The van der Waals surface area contributed by atoms with E-state index >= 15 is 0 Å². The average Bonchev–Trinajstić information content (AvgIpc) is 2.60. The molecule has 0 aliphatic carbocycles. The van der Waals surface area contributed by atoms with Crippen LogP contribution in [0.15, 0.2) is 24.3 Å². The summed E-state index contributed by atoms with van der Waals surface area (Å²) in [7, 11) is 0. The van der Waals surface area contributed by atoms with E-state index in [-0.39, 0.29) is 11.8 Å². The smallest absolute Gasteiger partial charge is 0.253 e. The second-order valence-electron chi connectivity index (χ2n) is 6.84. The third kappa shape index (κ3) is 6.33. The standard InChI is InChI=1S/C19H28ClN3O2/c1-14-8-12-23(13-9-14)11-5-10-21-18(24)15(2)22-19(25)16-6-3-4-7-17(16)20/h3-4,6-7,14-15H,5,8-13H2,1-2H3,(H,21,24)(H,22,25). The zero-order valence-electron chi connectivity index (χ0n) is 15.1. The molecule has 2 rings (SSSR count). The average molecular weight is 366 g/mol. The third-order valence-electron chi connectivity index (χ3n) is 4.69. The van der Waals surface area contributed by atoms with Gasteiger partial charge in [-0.25, -0.2) is 0 Å². The minimum Gasteiger partial charge on any atom is -0.354 e. The first kappa shape index (κ1) is 19.7. The van der Waals surface area contributed by atoms with Gasteiger partial charge in [-0.2, -0.15) is 0 Å². The molecule has 6 heteroatoms. The Morgan fingerprint density at radius 1 is 1.28 bits per heavy atom. The molecule has 0 radical (unpaired) electrons. The number of hydrogen-bond donors (Lipinski definition) is 2. The predicted molar refractivity (Wildman–Crippen MR) is 101 cm³/mol. The van der Waals surface area contributed by atoms with E-state index in [1.54, 1.807) is 31.2 Å². The number of nitrogens with zero attached hydrogens (tertiary/aromatic N) is 1. The fraction of sp³-hybridized carbons (Fsp3) is 0.579. The number of nitrogens with one attached hydrogen (secondary N) is 2. The zero-order chi connectivity index (χ0) is 18.2. The highest BCUT2D eigenvalue weighted by Gasteiger charge is 2.18. The number of carbonyl (C=O) groups excluding carboxylic acids is 2. The van der Waals surface area contributed by atoms with Crippen molar-refractivity contribution in [3.63, 3.8) is 0 Å². The fourth-order valence-corrected chi connectivity index (χ4v) is 3.16. The molecule has 2 N–H and O–H groups in total. The highest BCUT2D eigenvalue weighted by atomic mass is 35.5. The van der Waals surface area contributed by atoms with Gasteiger partial charge in [-0.1, -0.05) is 30.7 Å². The Morgan fingerprint density at radius 3 is 2.64 bits per heavy atom. The van der Waals surface area contributed by atoms with Crippen LogP contribution >= 0.6 is 11.6 Å². The maximum Gasteiger partial charge on any atom is 0.253 e. The highest BCUT2D eigenvalue weighted by Crippen LogP contribution is 2.16. The summed E-state index contributed by atoms with van der Waals surface area (Å²) >= 11 is 6.00. The molecule has 25 heavy (non-hydrogen) atoms. The van der Waals surface area contributed by atoms with Gasteiger partial charge in [0, 0.05) is 6.54 Å². The summed E-state index contributed by atoms with van der Waals surface area (Å²) < 4.78 is 0. The molecule has 1 aromatic carbocycles. The molecule has 1 unspecified atom stereocenters. The summed E-state index contributed by atoms with van der Waals surface area (Å²) in [4.78, 5) is 26.7. The lowest BCUT2D eigenvalue weighted by atomic mass is 9.99. The molecule has 0 aromatic heterocycles. The second kappa shape index (κ2) is 9.78. The van der Waals surface area contributed by atoms with Crippen molar-refractivity contribution >= 4 is 23.4 Å². The zero-order valence-corrected chi connectivity index (χ0v) is 15.8. The molecule has 138 valence electrons. The molecule has 0 spiro atoms. The lowest BCUT2D eigenvalue weighted by Crippen LogP contribution is -2.45. The van der Waals surface area contributed by atoms with Gasteiger partial charge in [0.15, 0.2) is 0 Å². The number of likely N-dealkylation sites (tertiary alicyclic amines) is 1. The largest absolute Gasteiger partial charge is 0.354 e. The van der Waals surface area contributed by atoms with Gasteiger partial charge in [-0.05, 0) is 63.9 Å². The van der Waals surface area contributed by atoms with E-state index in [2.05, 4.69) is 22.5 Å². The maximum absolute atomic E-state index is 12.2. The van der Waals surface area contributed by atoms with Crippen molar-refractivity contribution in [3.05, 3.63) is 34.9 Å². The molecule has 1 aliphatic heterocycles. The van der Waals surface area contributed by atoms with Crippen LogP contribution in [0.4, 0.5) is 0 Å². The summed E-state index contributed by atoms with van der Waals surface area (Å²) in [5, 5.41) is 5.95. The number of amides is 2. The molecule has 1 fully saturated rings. The van der Waals surface area contributed by atoms with E-state index < -0.39 is 6.04 Å². The van der Waals surface area contributed by atoms with E-state index in [1.165, 1.54) is 12.8 Å². The van der Waals surface area contributed by atoms with Crippen molar-refractivity contribution in [2.75, 3.05) is 26.2 Å². The van der Waals surface area contributed by atoms with Crippen LogP contribution in [-0.4, -0.2) is 48.9 Å². The normalized spacial score (nSPS) is 17.1. The Kier molecular flexibility index (Phi) is 7.72.